The van der Waals surface area contributed by atoms with Crippen molar-refractivity contribution < 1.29 is 4.79 Å². The molecule has 0 bridgehead atoms. The quantitative estimate of drug-likeness (QED) is 0.876. The van der Waals surface area contributed by atoms with Gasteiger partial charge in [0, 0.05) is 12.1 Å². The van der Waals surface area contributed by atoms with Crippen LogP contribution in [0.1, 0.15) is 45.1 Å². The molecule has 1 saturated carbocycles. The molecule has 0 unspecified atom stereocenters. The molecule has 0 aromatic heterocycles. The summed E-state index contributed by atoms with van der Waals surface area (Å²) in [6, 6.07) is 10.5. The third-order valence-electron chi connectivity index (χ3n) is 4.17. The van der Waals surface area contributed by atoms with Crippen molar-refractivity contribution in [2.75, 3.05) is 0 Å². The van der Waals surface area contributed by atoms with Gasteiger partial charge in [-0.1, -0.05) is 30.3 Å². The third-order valence-corrected chi connectivity index (χ3v) is 4.17. The summed E-state index contributed by atoms with van der Waals surface area (Å²) in [5.74, 6) is 0.110. The minimum absolute atomic E-state index is 0.110. The summed E-state index contributed by atoms with van der Waals surface area (Å²) in [4.78, 5) is 12.5. The van der Waals surface area contributed by atoms with E-state index in [9.17, 15) is 4.79 Å². The lowest BCUT2D eigenvalue weighted by molar-refractivity contribution is -0.126. The highest BCUT2D eigenvalue weighted by Gasteiger charge is 2.31. The van der Waals surface area contributed by atoms with Crippen molar-refractivity contribution in [3.8, 4) is 0 Å². The van der Waals surface area contributed by atoms with Crippen LogP contribution in [0.15, 0.2) is 30.3 Å². The fourth-order valence-electron chi connectivity index (χ4n) is 2.62. The number of nitrogens with one attached hydrogen (secondary N) is 1. The zero-order valence-corrected chi connectivity index (χ0v) is 11.9. The molecule has 0 aliphatic heterocycles. The van der Waals surface area contributed by atoms with E-state index in [1.54, 1.807) is 0 Å². The standard InChI is InChI=1S/C16H24N2O/c1-16(2,12-6-4-3-5-7-12)15(19)18-14-10-8-13(17)9-11-14/h3-7,13-14H,8-11,17H2,1-2H3,(H,18,19). The molecule has 1 aliphatic carbocycles. The number of benzene rings is 1. The van der Waals surface area contributed by atoms with Crippen LogP contribution < -0.4 is 11.1 Å². The van der Waals surface area contributed by atoms with Crippen LogP contribution in [0, 0.1) is 0 Å². The maximum Gasteiger partial charge on any atom is 0.230 e. The van der Waals surface area contributed by atoms with E-state index in [0.29, 0.717) is 6.04 Å². The Morgan fingerprint density at radius 3 is 2.32 bits per heavy atom. The first-order valence-corrected chi connectivity index (χ1v) is 7.12. The van der Waals surface area contributed by atoms with Crippen molar-refractivity contribution in [2.45, 2.75) is 57.0 Å². The van der Waals surface area contributed by atoms with Crippen LogP contribution in [0.25, 0.3) is 0 Å². The highest BCUT2D eigenvalue weighted by atomic mass is 16.2. The molecule has 1 aliphatic rings. The van der Waals surface area contributed by atoms with Crippen LogP contribution in [0.5, 0.6) is 0 Å². The molecule has 1 fully saturated rings. The van der Waals surface area contributed by atoms with E-state index in [-0.39, 0.29) is 11.9 Å². The van der Waals surface area contributed by atoms with Crippen LogP contribution in [0.3, 0.4) is 0 Å². The fourth-order valence-corrected chi connectivity index (χ4v) is 2.62. The number of hydrogen-bond donors (Lipinski definition) is 2. The average molecular weight is 260 g/mol. The minimum atomic E-state index is -0.485. The Labute approximate surface area is 115 Å². The highest BCUT2D eigenvalue weighted by Crippen LogP contribution is 2.24. The van der Waals surface area contributed by atoms with E-state index in [1.165, 1.54) is 0 Å². The van der Waals surface area contributed by atoms with Gasteiger partial charge < -0.3 is 11.1 Å². The number of carbonyl (C=O) groups excluding carboxylic acids is 1. The summed E-state index contributed by atoms with van der Waals surface area (Å²) in [6.45, 7) is 3.96. The lowest BCUT2D eigenvalue weighted by atomic mass is 9.82. The van der Waals surface area contributed by atoms with Crippen LogP contribution in [-0.4, -0.2) is 18.0 Å². The summed E-state index contributed by atoms with van der Waals surface area (Å²) in [6.07, 6.45) is 4.02. The van der Waals surface area contributed by atoms with Crippen molar-refractivity contribution in [1.29, 1.82) is 0 Å². The second-order valence-electron chi connectivity index (χ2n) is 6.08. The Balaban J connectivity index is 1.99. The highest BCUT2D eigenvalue weighted by molar-refractivity contribution is 5.87. The SMILES string of the molecule is CC(C)(C(=O)NC1CCC(N)CC1)c1ccccc1. The van der Waals surface area contributed by atoms with Gasteiger partial charge in [0.15, 0.2) is 0 Å². The molecule has 3 nitrogen and oxygen atoms in total. The smallest absolute Gasteiger partial charge is 0.230 e. The van der Waals surface area contributed by atoms with E-state index < -0.39 is 5.41 Å². The van der Waals surface area contributed by atoms with Gasteiger partial charge in [-0.2, -0.15) is 0 Å². The normalized spacial score (nSPS) is 23.9. The maximum atomic E-state index is 12.5. The first-order valence-electron chi connectivity index (χ1n) is 7.12. The Kier molecular flexibility index (Phi) is 4.25. The van der Waals surface area contributed by atoms with E-state index >= 15 is 0 Å². The fraction of sp³-hybridized carbons (Fsp3) is 0.562. The number of nitrogens with two attached hydrogens (primary N) is 1. The Hall–Kier alpha value is -1.35. The second kappa shape index (κ2) is 5.74. The molecule has 0 saturated heterocycles. The Morgan fingerprint density at radius 2 is 1.74 bits per heavy atom. The molecule has 0 heterocycles. The summed E-state index contributed by atoms with van der Waals surface area (Å²) in [5, 5.41) is 3.18. The second-order valence-corrected chi connectivity index (χ2v) is 6.08. The summed E-state index contributed by atoms with van der Waals surface area (Å²) in [5.41, 5.74) is 6.46. The monoisotopic (exact) mass is 260 g/mol. The van der Waals surface area contributed by atoms with Crippen LogP contribution >= 0.6 is 0 Å². The van der Waals surface area contributed by atoms with Gasteiger partial charge in [-0.3, -0.25) is 4.79 Å². The summed E-state index contributed by atoms with van der Waals surface area (Å²) < 4.78 is 0. The molecule has 3 heteroatoms. The van der Waals surface area contributed by atoms with Crippen molar-refractivity contribution in [3.63, 3.8) is 0 Å². The molecule has 0 radical (unpaired) electrons. The number of rotatable bonds is 3. The number of amides is 1. The van der Waals surface area contributed by atoms with Gasteiger partial charge in [-0.15, -0.1) is 0 Å². The van der Waals surface area contributed by atoms with Crippen LogP contribution in [-0.2, 0) is 10.2 Å². The molecular formula is C16H24N2O. The predicted molar refractivity (Wildman–Crippen MR) is 77.8 cm³/mol. The third kappa shape index (κ3) is 3.35. The number of hydrogen-bond acceptors (Lipinski definition) is 2. The minimum Gasteiger partial charge on any atom is -0.353 e. The van der Waals surface area contributed by atoms with Gasteiger partial charge >= 0.3 is 0 Å². The Morgan fingerprint density at radius 1 is 1.16 bits per heavy atom. The summed E-state index contributed by atoms with van der Waals surface area (Å²) in [7, 11) is 0. The first-order chi connectivity index (χ1) is 9.00. The van der Waals surface area contributed by atoms with Crippen molar-refractivity contribution in [2.24, 2.45) is 5.73 Å². The van der Waals surface area contributed by atoms with E-state index in [2.05, 4.69) is 5.32 Å². The van der Waals surface area contributed by atoms with Gasteiger partial charge in [0.05, 0.1) is 5.41 Å². The van der Waals surface area contributed by atoms with Gasteiger partial charge in [0.2, 0.25) is 5.91 Å². The molecule has 1 aromatic rings. The molecule has 19 heavy (non-hydrogen) atoms. The van der Waals surface area contributed by atoms with Crippen LogP contribution in [0.2, 0.25) is 0 Å². The molecule has 3 N–H and O–H groups in total. The molecule has 2 rings (SSSR count). The van der Waals surface area contributed by atoms with Gasteiger partial charge in [-0.05, 0) is 45.1 Å². The predicted octanol–water partition coefficient (Wildman–Crippen LogP) is 2.35. The van der Waals surface area contributed by atoms with E-state index in [1.807, 2.05) is 44.2 Å². The first kappa shape index (κ1) is 14.1. The Bertz CT molecular complexity index is 420. The summed E-state index contributed by atoms with van der Waals surface area (Å²) >= 11 is 0. The molecule has 0 atom stereocenters. The van der Waals surface area contributed by atoms with E-state index in [0.717, 1.165) is 31.2 Å². The molecule has 0 spiro atoms. The van der Waals surface area contributed by atoms with Crippen molar-refractivity contribution >= 4 is 5.91 Å². The maximum absolute atomic E-state index is 12.5. The topological polar surface area (TPSA) is 55.1 Å². The van der Waals surface area contributed by atoms with Crippen molar-refractivity contribution in [3.05, 3.63) is 35.9 Å². The molecule has 1 aromatic carbocycles. The zero-order chi connectivity index (χ0) is 13.9. The van der Waals surface area contributed by atoms with E-state index in [4.69, 9.17) is 5.73 Å². The number of carbonyl (C=O) groups is 1. The molecule has 104 valence electrons. The van der Waals surface area contributed by atoms with Gasteiger partial charge in [0.25, 0.3) is 0 Å². The lowest BCUT2D eigenvalue weighted by Gasteiger charge is -2.31. The zero-order valence-electron chi connectivity index (χ0n) is 11.9. The largest absolute Gasteiger partial charge is 0.353 e. The molecular weight excluding hydrogens is 236 g/mol. The lowest BCUT2D eigenvalue weighted by Crippen LogP contribution is -2.47. The van der Waals surface area contributed by atoms with Crippen molar-refractivity contribution in [1.82, 2.24) is 5.32 Å². The molecule has 1 amide bonds. The average Bonchev–Trinajstić information content (AvgIpc) is 2.42. The van der Waals surface area contributed by atoms with Gasteiger partial charge in [0.1, 0.15) is 0 Å². The van der Waals surface area contributed by atoms with Crippen LogP contribution in [0.4, 0.5) is 0 Å². The van der Waals surface area contributed by atoms with Gasteiger partial charge in [-0.25, -0.2) is 0 Å².